The molecule has 20 heavy (non-hydrogen) atoms. The van der Waals surface area contributed by atoms with Crippen LogP contribution in [0.5, 0.6) is 0 Å². The molecular formula is C14H8F2O4. The van der Waals surface area contributed by atoms with Gasteiger partial charge in [-0.3, -0.25) is 0 Å². The number of hydrogen-bond donors (Lipinski definition) is 2. The lowest BCUT2D eigenvalue weighted by Crippen LogP contribution is -2.01. The highest BCUT2D eigenvalue weighted by Crippen LogP contribution is 2.24. The van der Waals surface area contributed by atoms with E-state index >= 15 is 0 Å². The summed E-state index contributed by atoms with van der Waals surface area (Å²) in [4.78, 5) is 21.7. The standard InChI is InChI=1S/C14H8F2O4/c15-10-4-8(3-9(5-10)13(17)18)7-1-2-12(16)11(6-7)14(19)20/h1-6H,(H,17,18)(H,19,20). The van der Waals surface area contributed by atoms with Gasteiger partial charge in [-0.2, -0.15) is 0 Å². The number of carboxylic acid groups (broad SMARTS) is 2. The van der Waals surface area contributed by atoms with Gasteiger partial charge in [-0.25, -0.2) is 18.4 Å². The van der Waals surface area contributed by atoms with Crippen molar-refractivity contribution in [2.24, 2.45) is 0 Å². The fraction of sp³-hybridized carbons (Fsp3) is 0. The Morgan fingerprint density at radius 1 is 0.850 bits per heavy atom. The van der Waals surface area contributed by atoms with E-state index in [-0.39, 0.29) is 16.7 Å². The van der Waals surface area contributed by atoms with E-state index in [0.717, 1.165) is 24.3 Å². The summed E-state index contributed by atoms with van der Waals surface area (Å²) in [6.07, 6.45) is 0. The van der Waals surface area contributed by atoms with E-state index in [2.05, 4.69) is 0 Å². The Morgan fingerprint density at radius 3 is 2.15 bits per heavy atom. The van der Waals surface area contributed by atoms with Crippen LogP contribution in [0, 0.1) is 11.6 Å². The Morgan fingerprint density at radius 2 is 1.55 bits per heavy atom. The van der Waals surface area contributed by atoms with Gasteiger partial charge in [-0.15, -0.1) is 0 Å². The summed E-state index contributed by atoms with van der Waals surface area (Å²) in [7, 11) is 0. The molecule has 2 N–H and O–H groups in total. The summed E-state index contributed by atoms with van der Waals surface area (Å²) in [6.45, 7) is 0. The number of hydrogen-bond acceptors (Lipinski definition) is 2. The molecule has 4 nitrogen and oxygen atoms in total. The smallest absolute Gasteiger partial charge is 0.338 e. The van der Waals surface area contributed by atoms with Gasteiger partial charge in [0.2, 0.25) is 0 Å². The molecule has 0 saturated carbocycles. The number of halogens is 2. The average Bonchev–Trinajstić information content (AvgIpc) is 2.38. The molecule has 0 fully saturated rings. The van der Waals surface area contributed by atoms with Gasteiger partial charge < -0.3 is 10.2 Å². The maximum absolute atomic E-state index is 13.4. The van der Waals surface area contributed by atoms with Crippen molar-refractivity contribution in [3.8, 4) is 11.1 Å². The zero-order valence-corrected chi connectivity index (χ0v) is 9.93. The number of carbonyl (C=O) groups is 2. The van der Waals surface area contributed by atoms with Crippen molar-refractivity contribution in [3.63, 3.8) is 0 Å². The Bertz CT molecular complexity index is 710. The Balaban J connectivity index is 2.59. The van der Waals surface area contributed by atoms with Crippen molar-refractivity contribution < 1.29 is 28.6 Å². The topological polar surface area (TPSA) is 74.6 Å². The second kappa shape index (κ2) is 5.08. The third-order valence-electron chi connectivity index (χ3n) is 2.67. The van der Waals surface area contributed by atoms with E-state index in [1.165, 1.54) is 12.1 Å². The van der Waals surface area contributed by atoms with E-state index in [9.17, 15) is 18.4 Å². The minimum atomic E-state index is -1.46. The predicted octanol–water partition coefficient (Wildman–Crippen LogP) is 3.03. The molecule has 102 valence electrons. The molecule has 0 bridgehead atoms. The molecule has 2 rings (SSSR count). The molecule has 0 spiro atoms. The van der Waals surface area contributed by atoms with E-state index in [1.54, 1.807) is 0 Å². The van der Waals surface area contributed by atoms with Crippen molar-refractivity contribution in [1.82, 2.24) is 0 Å². The van der Waals surface area contributed by atoms with Gasteiger partial charge in [-0.1, -0.05) is 6.07 Å². The molecule has 0 radical (unpaired) electrons. The van der Waals surface area contributed by atoms with Crippen molar-refractivity contribution >= 4 is 11.9 Å². The van der Waals surface area contributed by atoms with Crippen LogP contribution in [0.15, 0.2) is 36.4 Å². The number of rotatable bonds is 3. The van der Waals surface area contributed by atoms with Crippen molar-refractivity contribution in [3.05, 3.63) is 59.2 Å². The van der Waals surface area contributed by atoms with Crippen LogP contribution < -0.4 is 0 Å². The Hall–Kier alpha value is -2.76. The average molecular weight is 278 g/mol. The molecule has 0 aliphatic heterocycles. The summed E-state index contributed by atoms with van der Waals surface area (Å²) < 4.78 is 26.6. The lowest BCUT2D eigenvalue weighted by atomic mass is 10.0. The van der Waals surface area contributed by atoms with Crippen molar-refractivity contribution in [2.45, 2.75) is 0 Å². The van der Waals surface area contributed by atoms with Crippen LogP contribution in [0.4, 0.5) is 8.78 Å². The number of carboxylic acids is 2. The first kappa shape index (κ1) is 13.7. The molecule has 0 unspecified atom stereocenters. The van der Waals surface area contributed by atoms with Crippen LogP contribution in [0.1, 0.15) is 20.7 Å². The zero-order valence-electron chi connectivity index (χ0n) is 9.93. The van der Waals surface area contributed by atoms with Gasteiger partial charge in [0.1, 0.15) is 11.6 Å². The normalized spacial score (nSPS) is 10.3. The monoisotopic (exact) mass is 278 g/mol. The third-order valence-corrected chi connectivity index (χ3v) is 2.67. The number of aromatic carboxylic acids is 2. The summed E-state index contributed by atoms with van der Waals surface area (Å²) >= 11 is 0. The van der Waals surface area contributed by atoms with E-state index < -0.39 is 29.1 Å². The first-order chi connectivity index (χ1) is 9.38. The van der Waals surface area contributed by atoms with Gasteiger partial charge in [-0.05, 0) is 41.5 Å². The van der Waals surface area contributed by atoms with Crippen molar-refractivity contribution in [1.29, 1.82) is 0 Å². The molecule has 0 heterocycles. The van der Waals surface area contributed by atoms with Gasteiger partial charge in [0.15, 0.2) is 0 Å². The molecule has 0 aromatic heterocycles. The second-order valence-corrected chi connectivity index (χ2v) is 4.03. The Labute approximate surface area is 111 Å². The zero-order chi connectivity index (χ0) is 14.9. The first-order valence-corrected chi connectivity index (χ1v) is 5.45. The highest BCUT2D eigenvalue weighted by atomic mass is 19.1. The van der Waals surface area contributed by atoms with Crippen molar-refractivity contribution in [2.75, 3.05) is 0 Å². The van der Waals surface area contributed by atoms with Crippen LogP contribution in [0.2, 0.25) is 0 Å². The summed E-state index contributed by atoms with van der Waals surface area (Å²) in [5, 5.41) is 17.7. The largest absolute Gasteiger partial charge is 0.478 e. The molecule has 0 aliphatic rings. The quantitative estimate of drug-likeness (QED) is 0.905. The molecule has 2 aromatic carbocycles. The molecule has 0 aliphatic carbocycles. The first-order valence-electron chi connectivity index (χ1n) is 5.45. The molecule has 2 aromatic rings. The van der Waals surface area contributed by atoms with E-state index in [4.69, 9.17) is 10.2 Å². The highest BCUT2D eigenvalue weighted by Gasteiger charge is 2.13. The van der Waals surface area contributed by atoms with Crippen LogP contribution in [-0.2, 0) is 0 Å². The van der Waals surface area contributed by atoms with Crippen LogP contribution >= 0.6 is 0 Å². The molecule has 0 atom stereocenters. The van der Waals surface area contributed by atoms with E-state index in [0.29, 0.717) is 0 Å². The van der Waals surface area contributed by atoms with Gasteiger partial charge in [0, 0.05) is 0 Å². The van der Waals surface area contributed by atoms with Gasteiger partial charge >= 0.3 is 11.9 Å². The highest BCUT2D eigenvalue weighted by molar-refractivity contribution is 5.91. The lowest BCUT2D eigenvalue weighted by Gasteiger charge is -2.06. The predicted molar refractivity (Wildman–Crippen MR) is 65.7 cm³/mol. The maximum atomic E-state index is 13.4. The Kier molecular flexibility index (Phi) is 3.47. The fourth-order valence-electron chi connectivity index (χ4n) is 1.75. The minimum Gasteiger partial charge on any atom is -0.478 e. The maximum Gasteiger partial charge on any atom is 0.338 e. The molecule has 0 amide bonds. The SMILES string of the molecule is O=C(O)c1cc(F)cc(-c2ccc(F)c(C(=O)O)c2)c1. The van der Waals surface area contributed by atoms with Gasteiger partial charge in [0.05, 0.1) is 11.1 Å². The fourth-order valence-corrected chi connectivity index (χ4v) is 1.75. The van der Waals surface area contributed by atoms with Gasteiger partial charge in [0.25, 0.3) is 0 Å². The minimum absolute atomic E-state index is 0.157. The second-order valence-electron chi connectivity index (χ2n) is 4.03. The van der Waals surface area contributed by atoms with E-state index in [1.807, 2.05) is 0 Å². The molecular weight excluding hydrogens is 270 g/mol. The van der Waals surface area contributed by atoms with Crippen LogP contribution in [-0.4, -0.2) is 22.2 Å². The summed E-state index contributed by atoms with van der Waals surface area (Å²) in [6, 6.07) is 6.29. The molecule has 6 heteroatoms. The van der Waals surface area contributed by atoms with Crippen LogP contribution in [0.25, 0.3) is 11.1 Å². The third kappa shape index (κ3) is 2.64. The number of benzene rings is 2. The van der Waals surface area contributed by atoms with Crippen LogP contribution in [0.3, 0.4) is 0 Å². The molecule has 0 saturated heterocycles. The summed E-state index contributed by atoms with van der Waals surface area (Å²) in [5.74, 6) is -4.47. The summed E-state index contributed by atoms with van der Waals surface area (Å²) in [5.41, 5.74) is -0.472. The lowest BCUT2D eigenvalue weighted by molar-refractivity contribution is 0.0683.